The average molecular weight is 552 g/mol. The summed E-state index contributed by atoms with van der Waals surface area (Å²) in [6.07, 6.45) is 7.35. The zero-order valence-corrected chi connectivity index (χ0v) is 17.4. The van der Waals surface area contributed by atoms with Crippen molar-refractivity contribution >= 4 is 65.4 Å². The molecule has 0 bridgehead atoms. The van der Waals surface area contributed by atoms with Crippen molar-refractivity contribution in [3.8, 4) is 11.6 Å². The minimum atomic E-state index is -1.56. The molecule has 6 N–H and O–H groups in total. The number of H-pyrrole nitrogens is 4. The lowest BCUT2D eigenvalue weighted by atomic mass is 10.1. The van der Waals surface area contributed by atoms with Gasteiger partial charge in [-0.15, -0.1) is 0 Å². The molecular weight excluding hydrogens is 542 g/mol. The summed E-state index contributed by atoms with van der Waals surface area (Å²) >= 11 is 8.75. The van der Waals surface area contributed by atoms with Crippen molar-refractivity contribution in [2.45, 2.75) is 0 Å². The third-order valence-electron chi connectivity index (χ3n) is 3.09. The van der Waals surface area contributed by atoms with Gasteiger partial charge in [-0.3, -0.25) is 0 Å². The van der Waals surface area contributed by atoms with Gasteiger partial charge in [0, 0.05) is 15.6 Å². The number of anilines is 1. The summed E-state index contributed by atoms with van der Waals surface area (Å²) in [7, 11) is 0. The molecule has 0 aliphatic heterocycles. The second-order valence-electron chi connectivity index (χ2n) is 4.67. The van der Waals surface area contributed by atoms with Crippen LogP contribution in [0, 0.1) is 0 Å². The summed E-state index contributed by atoms with van der Waals surface area (Å²) < 4.78 is -0.0899. The number of aromatic amines is 4. The number of hydrogen-bond donors (Lipinski definition) is 3. The summed E-state index contributed by atoms with van der Waals surface area (Å²) in [6.45, 7) is 0. The van der Waals surface area contributed by atoms with Crippen LogP contribution >= 0.6 is 47.8 Å². The Kier molecular flexibility index (Phi) is 6.56. The van der Waals surface area contributed by atoms with Crippen molar-refractivity contribution in [3.63, 3.8) is 0 Å². The maximum atomic E-state index is 10.8. The van der Waals surface area contributed by atoms with Gasteiger partial charge in [0.05, 0.1) is 26.6 Å². The van der Waals surface area contributed by atoms with Crippen LogP contribution in [0.1, 0.15) is 20.7 Å². The van der Waals surface area contributed by atoms with E-state index >= 15 is 0 Å². The van der Waals surface area contributed by atoms with Gasteiger partial charge in [0.1, 0.15) is 24.8 Å². The van der Waals surface area contributed by atoms with Gasteiger partial charge in [0.25, 0.3) is 0 Å². The van der Waals surface area contributed by atoms with Crippen molar-refractivity contribution in [1.29, 1.82) is 0 Å². The smallest absolute Gasteiger partial charge is 0.368 e. The standard InChI is InChI=1S/C8H4Br3NO4.C6H6N4/c9-3-1(7(13)14)4(10)6(12)5(11)2(3)8(15)16;1-2-8-5(7-1)6-9-3-4-10-6/h12H2,(H,13,14)(H,15,16);1-4H,(H,7,8)(H,9,10). The molecule has 1 aromatic carbocycles. The highest BCUT2D eigenvalue weighted by atomic mass is 79.9. The van der Waals surface area contributed by atoms with Gasteiger partial charge >= 0.3 is 11.6 Å². The van der Waals surface area contributed by atoms with Gasteiger partial charge in [-0.25, -0.2) is 19.9 Å². The van der Waals surface area contributed by atoms with Crippen LogP contribution in [-0.4, -0.2) is 21.9 Å². The minimum Gasteiger partial charge on any atom is -0.545 e. The summed E-state index contributed by atoms with van der Waals surface area (Å²) in [6, 6.07) is 0. The molecule has 12 heteroatoms. The Balaban J connectivity index is 0.000000206. The molecule has 3 rings (SSSR count). The Morgan fingerprint density at radius 2 is 1.23 bits per heavy atom. The predicted molar refractivity (Wildman–Crippen MR) is 96.3 cm³/mol. The molecule has 0 atom stereocenters. The number of hydrogen-bond acceptors (Lipinski definition) is 5. The van der Waals surface area contributed by atoms with Crippen molar-refractivity contribution in [2.75, 3.05) is 5.73 Å². The number of carbonyl (C=O) groups is 2. The number of aromatic nitrogens is 4. The summed E-state index contributed by atoms with van der Waals surface area (Å²) in [4.78, 5) is 33.7. The van der Waals surface area contributed by atoms with E-state index in [1.54, 1.807) is 0 Å². The van der Waals surface area contributed by atoms with Gasteiger partial charge in [-0.05, 0) is 47.8 Å². The molecule has 0 aliphatic carbocycles. The van der Waals surface area contributed by atoms with Crippen LogP contribution in [0.25, 0.3) is 11.6 Å². The van der Waals surface area contributed by atoms with Gasteiger partial charge in [0.2, 0.25) is 0 Å². The number of nitrogen functional groups attached to an aromatic ring is 1. The number of nitrogens with one attached hydrogen (secondary N) is 4. The first kappa shape index (κ1) is 20.1. The maximum Gasteiger partial charge on any atom is 0.368 e. The van der Waals surface area contributed by atoms with Crippen LogP contribution in [0.4, 0.5) is 5.69 Å². The van der Waals surface area contributed by atoms with Gasteiger partial charge < -0.3 is 25.5 Å². The van der Waals surface area contributed by atoms with Crippen LogP contribution in [0.5, 0.6) is 0 Å². The number of benzene rings is 1. The number of rotatable bonds is 3. The minimum absolute atomic E-state index is 0.0382. The second-order valence-corrected chi connectivity index (χ2v) is 7.05. The SMILES string of the molecule is Nc1c(Br)c(C(=O)[O-])c(Br)c(C(=O)[O-])c1Br.c1c[nH+]c(-c2[nH]cc[nH+]2)[nH]1. The Morgan fingerprint density at radius 3 is 1.50 bits per heavy atom. The fraction of sp³-hybridized carbons (Fsp3) is 0. The van der Waals surface area contributed by atoms with Crippen molar-refractivity contribution in [2.24, 2.45) is 0 Å². The third-order valence-corrected chi connectivity index (χ3v) is 5.53. The molecule has 0 amide bonds. The molecule has 2 heterocycles. The predicted octanol–water partition coefficient (Wildman–Crippen LogP) is -0.0787. The van der Waals surface area contributed by atoms with Crippen LogP contribution in [0.2, 0.25) is 0 Å². The highest BCUT2D eigenvalue weighted by molar-refractivity contribution is 9.11. The number of aromatic carboxylic acids is 2. The summed E-state index contributed by atoms with van der Waals surface area (Å²) in [5.74, 6) is -1.21. The molecular formula is C14H10Br3N5O4. The van der Waals surface area contributed by atoms with E-state index in [0.717, 1.165) is 11.6 Å². The molecule has 26 heavy (non-hydrogen) atoms. The second kappa shape index (κ2) is 8.47. The zero-order chi connectivity index (χ0) is 19.4. The highest BCUT2D eigenvalue weighted by Gasteiger charge is 2.19. The molecule has 9 nitrogen and oxygen atoms in total. The normalized spacial score (nSPS) is 10.1. The number of halogens is 3. The number of nitrogens with two attached hydrogens (primary N) is 1. The molecule has 3 aromatic rings. The van der Waals surface area contributed by atoms with Crippen LogP contribution < -0.4 is 25.9 Å². The van der Waals surface area contributed by atoms with E-state index in [2.05, 4.69) is 67.7 Å². The summed E-state index contributed by atoms with van der Waals surface area (Å²) in [5.41, 5.74) is 4.73. The van der Waals surface area contributed by atoms with Crippen LogP contribution in [0.3, 0.4) is 0 Å². The van der Waals surface area contributed by atoms with Crippen molar-refractivity contribution in [3.05, 3.63) is 49.3 Å². The third kappa shape index (κ3) is 4.14. The molecule has 0 spiro atoms. The first-order valence-electron chi connectivity index (χ1n) is 6.74. The lowest BCUT2D eigenvalue weighted by Gasteiger charge is -2.18. The zero-order valence-electron chi connectivity index (χ0n) is 12.7. The van der Waals surface area contributed by atoms with Gasteiger partial charge in [-0.1, -0.05) is 0 Å². The maximum absolute atomic E-state index is 10.8. The molecule has 0 aliphatic rings. The number of carboxylic acid groups (broad SMARTS) is 2. The molecule has 0 unspecified atom stereocenters. The van der Waals surface area contributed by atoms with E-state index < -0.39 is 11.9 Å². The van der Waals surface area contributed by atoms with Gasteiger partial charge in [-0.2, -0.15) is 0 Å². The van der Waals surface area contributed by atoms with E-state index in [-0.39, 0.29) is 30.2 Å². The monoisotopic (exact) mass is 549 g/mol. The van der Waals surface area contributed by atoms with Crippen LogP contribution in [0.15, 0.2) is 38.2 Å². The topological polar surface area (TPSA) is 166 Å². The quantitative estimate of drug-likeness (QED) is 0.387. The Labute approximate surface area is 171 Å². The fourth-order valence-electron chi connectivity index (χ4n) is 1.91. The lowest BCUT2D eigenvalue weighted by Crippen LogP contribution is -2.28. The molecule has 0 saturated heterocycles. The van der Waals surface area contributed by atoms with E-state index in [4.69, 9.17) is 5.73 Å². The molecule has 0 radical (unpaired) electrons. The largest absolute Gasteiger partial charge is 0.545 e. The Bertz CT molecular complexity index is 869. The Morgan fingerprint density at radius 1 is 0.846 bits per heavy atom. The first-order chi connectivity index (χ1) is 12.3. The van der Waals surface area contributed by atoms with Crippen molar-refractivity contribution < 1.29 is 29.8 Å². The van der Waals surface area contributed by atoms with E-state index in [9.17, 15) is 19.8 Å². The lowest BCUT2D eigenvalue weighted by molar-refractivity contribution is -0.400. The molecule has 0 fully saturated rings. The van der Waals surface area contributed by atoms with E-state index in [1.165, 1.54) is 0 Å². The molecule has 0 saturated carbocycles. The number of imidazole rings is 2. The number of carboxylic acids is 2. The average Bonchev–Trinajstić information content (AvgIpc) is 3.25. The van der Waals surface area contributed by atoms with E-state index in [1.807, 2.05) is 24.8 Å². The number of carbonyl (C=O) groups excluding carboxylic acids is 2. The van der Waals surface area contributed by atoms with Gasteiger partial charge in [0.15, 0.2) is 0 Å². The highest BCUT2D eigenvalue weighted by Crippen LogP contribution is 2.39. The fourth-order valence-corrected chi connectivity index (χ4v) is 4.55. The first-order valence-corrected chi connectivity index (χ1v) is 9.12. The molecule has 2 aromatic heterocycles. The molecule has 136 valence electrons. The summed E-state index contributed by atoms with van der Waals surface area (Å²) in [5, 5.41) is 21.7. The van der Waals surface area contributed by atoms with Crippen LogP contribution in [-0.2, 0) is 0 Å². The Hall–Kier alpha value is -2.18. The van der Waals surface area contributed by atoms with E-state index in [0.29, 0.717) is 0 Å². The van der Waals surface area contributed by atoms with Crippen molar-refractivity contribution in [1.82, 2.24) is 9.97 Å².